The summed E-state index contributed by atoms with van der Waals surface area (Å²) < 4.78 is 41.7. The van der Waals surface area contributed by atoms with Crippen LogP contribution >= 0.6 is 11.3 Å². The molecule has 0 spiro atoms. The molecule has 0 aliphatic carbocycles. The van der Waals surface area contributed by atoms with Crippen LogP contribution in [0.1, 0.15) is 23.2 Å². The van der Waals surface area contributed by atoms with Crippen LogP contribution in [0.2, 0.25) is 0 Å². The molecule has 1 rings (SSSR count). The fraction of sp³-hybridized carbons (Fsp3) is 0.667. The summed E-state index contributed by atoms with van der Waals surface area (Å²) in [6.07, 6.45) is -3.15. The lowest BCUT2D eigenvalue weighted by Gasteiger charge is -2.23. The van der Waals surface area contributed by atoms with E-state index in [-0.39, 0.29) is 17.9 Å². The number of methoxy groups -OCH3 is 1. The predicted octanol–water partition coefficient (Wildman–Crippen LogP) is 2.41. The highest BCUT2D eigenvalue weighted by molar-refractivity contribution is 7.11. The summed E-state index contributed by atoms with van der Waals surface area (Å²) in [5.41, 5.74) is -1.39. The molecule has 0 radical (unpaired) electrons. The zero-order valence-electron chi connectivity index (χ0n) is 8.84. The topological polar surface area (TPSA) is 42.4 Å². The summed E-state index contributed by atoms with van der Waals surface area (Å²) in [6.45, 7) is 1.62. The third-order valence-corrected chi connectivity index (χ3v) is 3.41. The molecule has 1 heterocycles. The average molecular weight is 255 g/mol. The summed E-state index contributed by atoms with van der Waals surface area (Å²) >= 11 is 0.445. The lowest BCUT2D eigenvalue weighted by Crippen LogP contribution is -2.29. The van der Waals surface area contributed by atoms with Crippen LogP contribution in [0.4, 0.5) is 13.2 Å². The Kier molecular flexibility index (Phi) is 3.92. The lowest BCUT2D eigenvalue weighted by molar-refractivity contribution is -0.137. The van der Waals surface area contributed by atoms with Crippen molar-refractivity contribution in [1.82, 2.24) is 4.98 Å². The van der Waals surface area contributed by atoms with Crippen LogP contribution in [0, 0.1) is 0 Å². The molecule has 7 heteroatoms. The largest absolute Gasteiger partial charge is 0.443 e. The van der Waals surface area contributed by atoms with Gasteiger partial charge in [-0.15, -0.1) is 11.3 Å². The number of rotatable bonds is 4. The van der Waals surface area contributed by atoms with Gasteiger partial charge in [0.05, 0.1) is 11.5 Å². The summed E-state index contributed by atoms with van der Waals surface area (Å²) in [4.78, 5) is 3.43. The van der Waals surface area contributed by atoms with E-state index < -0.39 is 16.8 Å². The van der Waals surface area contributed by atoms with Crippen LogP contribution in [0.5, 0.6) is 0 Å². The molecule has 1 aromatic heterocycles. The Morgan fingerprint density at radius 3 is 2.50 bits per heavy atom. The smallest absolute Gasteiger partial charge is 0.382 e. The van der Waals surface area contributed by atoms with Gasteiger partial charge in [-0.05, 0) is 6.42 Å². The molecule has 3 nitrogen and oxygen atoms in total. The number of aliphatic hydroxyl groups is 1. The molecule has 16 heavy (non-hydrogen) atoms. The Morgan fingerprint density at radius 2 is 2.12 bits per heavy atom. The van der Waals surface area contributed by atoms with Gasteiger partial charge in [0.15, 0.2) is 5.01 Å². The van der Waals surface area contributed by atoms with Crippen molar-refractivity contribution in [1.29, 1.82) is 0 Å². The molecule has 0 aliphatic rings. The number of hydrogen-bond acceptors (Lipinski definition) is 4. The van der Waals surface area contributed by atoms with E-state index in [1.807, 2.05) is 0 Å². The van der Waals surface area contributed by atoms with Gasteiger partial charge in [-0.2, -0.15) is 13.2 Å². The molecule has 0 saturated heterocycles. The molecule has 1 unspecified atom stereocenters. The van der Waals surface area contributed by atoms with Crippen molar-refractivity contribution < 1.29 is 23.0 Å². The third-order valence-electron chi connectivity index (χ3n) is 2.17. The molecule has 0 aliphatic heterocycles. The van der Waals surface area contributed by atoms with Gasteiger partial charge < -0.3 is 9.84 Å². The summed E-state index contributed by atoms with van der Waals surface area (Å²) in [6, 6.07) is 0. The number of hydrogen-bond donors (Lipinski definition) is 1. The quantitative estimate of drug-likeness (QED) is 0.898. The van der Waals surface area contributed by atoms with Crippen molar-refractivity contribution in [3.8, 4) is 0 Å². The highest BCUT2D eigenvalue weighted by atomic mass is 32.1. The molecular formula is C9H12F3NO2S. The molecular weight excluding hydrogens is 243 g/mol. The molecule has 1 atom stereocenters. The van der Waals surface area contributed by atoms with Gasteiger partial charge in [-0.3, -0.25) is 0 Å². The number of halogens is 3. The van der Waals surface area contributed by atoms with Gasteiger partial charge in [-0.1, -0.05) is 6.92 Å². The Morgan fingerprint density at radius 1 is 1.50 bits per heavy atom. The van der Waals surface area contributed by atoms with Gasteiger partial charge in [-0.25, -0.2) is 4.98 Å². The maximum Gasteiger partial charge on any atom is 0.443 e. The maximum absolute atomic E-state index is 12.3. The van der Waals surface area contributed by atoms with Crippen LogP contribution in [0.15, 0.2) is 6.20 Å². The van der Waals surface area contributed by atoms with Gasteiger partial charge in [0, 0.05) is 13.3 Å². The predicted molar refractivity (Wildman–Crippen MR) is 53.2 cm³/mol. The van der Waals surface area contributed by atoms with E-state index in [0.717, 1.165) is 6.20 Å². The Bertz CT molecular complexity index is 353. The zero-order valence-corrected chi connectivity index (χ0v) is 9.65. The number of nitrogens with zero attached hydrogens (tertiary/aromatic N) is 1. The van der Waals surface area contributed by atoms with Crippen LogP contribution in [-0.4, -0.2) is 23.8 Å². The summed E-state index contributed by atoms with van der Waals surface area (Å²) in [5, 5.41) is 9.10. The first kappa shape index (κ1) is 13.4. The van der Waals surface area contributed by atoms with E-state index in [4.69, 9.17) is 4.74 Å². The van der Waals surface area contributed by atoms with Crippen molar-refractivity contribution in [3.05, 3.63) is 16.1 Å². The molecule has 1 aromatic rings. The number of ether oxygens (including phenoxy) is 1. The molecule has 0 amide bonds. The second-order valence-corrected chi connectivity index (χ2v) is 4.38. The van der Waals surface area contributed by atoms with E-state index in [2.05, 4.69) is 4.98 Å². The second kappa shape index (κ2) is 4.68. The Labute approximate surface area is 94.9 Å². The van der Waals surface area contributed by atoms with Crippen molar-refractivity contribution in [2.75, 3.05) is 13.7 Å². The molecule has 0 bridgehead atoms. The minimum absolute atomic E-state index is 0.0526. The summed E-state index contributed by atoms with van der Waals surface area (Å²) in [7, 11) is 1.38. The minimum Gasteiger partial charge on any atom is -0.382 e. The highest BCUT2D eigenvalue weighted by Crippen LogP contribution is 2.37. The maximum atomic E-state index is 12.3. The van der Waals surface area contributed by atoms with Crippen molar-refractivity contribution >= 4 is 11.3 Å². The third kappa shape index (κ3) is 2.72. The Hall–Kier alpha value is -0.660. The van der Waals surface area contributed by atoms with Crippen LogP contribution in [-0.2, 0) is 16.5 Å². The van der Waals surface area contributed by atoms with Crippen molar-refractivity contribution in [3.63, 3.8) is 0 Å². The van der Waals surface area contributed by atoms with Crippen molar-refractivity contribution in [2.24, 2.45) is 0 Å². The normalized spacial score (nSPS) is 16.1. The lowest BCUT2D eigenvalue weighted by atomic mass is 10.0. The Balaban J connectivity index is 3.00. The average Bonchev–Trinajstić information content (AvgIpc) is 2.66. The molecule has 1 N–H and O–H groups in total. The number of thiazole rings is 1. The van der Waals surface area contributed by atoms with E-state index in [1.165, 1.54) is 7.11 Å². The molecule has 0 fully saturated rings. The number of alkyl halides is 3. The van der Waals surface area contributed by atoms with Crippen LogP contribution in [0.3, 0.4) is 0 Å². The van der Waals surface area contributed by atoms with Gasteiger partial charge in [0.2, 0.25) is 0 Å². The SMILES string of the molecule is CCC(O)(COC)c1cnc(C(F)(F)F)s1. The first-order chi connectivity index (χ1) is 7.33. The fourth-order valence-corrected chi connectivity index (χ4v) is 2.13. The molecule has 0 aromatic carbocycles. The molecule has 0 saturated carbocycles. The first-order valence-corrected chi connectivity index (χ1v) is 5.40. The van der Waals surface area contributed by atoms with Gasteiger partial charge in [0.25, 0.3) is 0 Å². The molecule has 92 valence electrons. The van der Waals surface area contributed by atoms with Crippen molar-refractivity contribution in [2.45, 2.75) is 25.1 Å². The van der Waals surface area contributed by atoms with Gasteiger partial charge >= 0.3 is 6.18 Å². The van der Waals surface area contributed by atoms with Gasteiger partial charge in [0.1, 0.15) is 5.60 Å². The van der Waals surface area contributed by atoms with E-state index in [1.54, 1.807) is 6.92 Å². The standard InChI is InChI=1S/C9H12F3NO2S/c1-3-8(14,5-15-2)6-4-13-7(16-6)9(10,11)12/h4,14H,3,5H2,1-2H3. The highest BCUT2D eigenvalue weighted by Gasteiger charge is 2.38. The summed E-state index contributed by atoms with van der Waals surface area (Å²) in [5.74, 6) is 0. The van der Waals surface area contributed by atoms with E-state index >= 15 is 0 Å². The zero-order chi connectivity index (χ0) is 12.4. The van der Waals surface area contributed by atoms with Crippen LogP contribution < -0.4 is 0 Å². The first-order valence-electron chi connectivity index (χ1n) is 4.58. The second-order valence-electron chi connectivity index (χ2n) is 3.35. The minimum atomic E-state index is -4.47. The monoisotopic (exact) mass is 255 g/mol. The van der Waals surface area contributed by atoms with E-state index in [0.29, 0.717) is 11.3 Å². The van der Waals surface area contributed by atoms with E-state index in [9.17, 15) is 18.3 Å². The van der Waals surface area contributed by atoms with Crippen LogP contribution in [0.25, 0.3) is 0 Å². The number of aromatic nitrogens is 1. The fourth-order valence-electron chi connectivity index (χ4n) is 1.21.